The Morgan fingerprint density at radius 1 is 0.952 bits per heavy atom. The monoisotopic (exact) mass is 291 g/mol. The molecule has 3 nitrogen and oxygen atoms in total. The van der Waals surface area contributed by atoms with E-state index in [4.69, 9.17) is 0 Å². The van der Waals surface area contributed by atoms with Crippen LogP contribution in [0.2, 0.25) is 0 Å². The standard InChI is InChI=1S/C15H8F3NO2/c16-9-4-8(5-10(17)6-9)7-19-13-11(14(20)15(19)21)2-1-3-12(13)18/h1-6H,7H2. The number of nitrogens with zero attached hydrogens (tertiary/aromatic N) is 1. The normalized spacial score (nSPS) is 13.8. The lowest BCUT2D eigenvalue weighted by atomic mass is 10.1. The second-order valence-corrected chi connectivity index (χ2v) is 4.63. The van der Waals surface area contributed by atoms with Crippen LogP contribution >= 0.6 is 0 Å². The fourth-order valence-corrected chi connectivity index (χ4v) is 2.35. The Morgan fingerprint density at radius 3 is 2.29 bits per heavy atom. The third kappa shape index (κ3) is 2.18. The molecule has 0 unspecified atom stereocenters. The van der Waals surface area contributed by atoms with Crippen LogP contribution in [0.15, 0.2) is 36.4 Å². The van der Waals surface area contributed by atoms with Crippen LogP contribution in [0.5, 0.6) is 0 Å². The predicted molar refractivity (Wildman–Crippen MR) is 68.3 cm³/mol. The topological polar surface area (TPSA) is 37.4 Å². The number of ketones is 1. The van der Waals surface area contributed by atoms with Crippen molar-refractivity contribution in [1.82, 2.24) is 0 Å². The molecule has 6 heteroatoms. The van der Waals surface area contributed by atoms with E-state index >= 15 is 0 Å². The van der Waals surface area contributed by atoms with Crippen molar-refractivity contribution < 1.29 is 22.8 Å². The lowest BCUT2D eigenvalue weighted by molar-refractivity contribution is -0.114. The van der Waals surface area contributed by atoms with Gasteiger partial charge >= 0.3 is 0 Å². The van der Waals surface area contributed by atoms with Crippen molar-refractivity contribution in [2.24, 2.45) is 0 Å². The minimum atomic E-state index is -0.917. The molecule has 0 radical (unpaired) electrons. The molecule has 0 spiro atoms. The van der Waals surface area contributed by atoms with Gasteiger partial charge in [-0.1, -0.05) is 6.07 Å². The van der Waals surface area contributed by atoms with Gasteiger partial charge in [0, 0.05) is 6.07 Å². The van der Waals surface area contributed by atoms with E-state index < -0.39 is 29.1 Å². The van der Waals surface area contributed by atoms with Gasteiger partial charge in [0.05, 0.1) is 17.8 Å². The molecule has 0 bridgehead atoms. The molecule has 0 saturated heterocycles. The van der Waals surface area contributed by atoms with Gasteiger partial charge in [0.15, 0.2) is 0 Å². The maximum atomic E-state index is 13.9. The minimum Gasteiger partial charge on any atom is -0.298 e. The minimum absolute atomic E-state index is 0.0446. The summed E-state index contributed by atoms with van der Waals surface area (Å²) in [5.41, 5.74) is -0.0706. The molecule has 0 N–H and O–H groups in total. The number of halogens is 3. The largest absolute Gasteiger partial charge is 0.299 e. The molecule has 2 aromatic rings. The number of benzene rings is 2. The van der Waals surface area contributed by atoms with Crippen LogP contribution in [0.4, 0.5) is 18.9 Å². The number of para-hydroxylation sites is 1. The molecule has 0 aliphatic carbocycles. The average Bonchev–Trinajstić information content (AvgIpc) is 2.64. The Balaban J connectivity index is 2.04. The zero-order valence-corrected chi connectivity index (χ0v) is 10.6. The number of fused-ring (bicyclic) bond motifs is 1. The van der Waals surface area contributed by atoms with Crippen molar-refractivity contribution >= 4 is 17.4 Å². The first-order valence-electron chi connectivity index (χ1n) is 6.07. The molecule has 0 saturated carbocycles. The Hall–Kier alpha value is -2.63. The summed E-state index contributed by atoms with van der Waals surface area (Å²) in [7, 11) is 0. The summed E-state index contributed by atoms with van der Waals surface area (Å²) in [6.07, 6.45) is 0. The molecule has 1 aliphatic rings. The van der Waals surface area contributed by atoms with Gasteiger partial charge in [-0.25, -0.2) is 13.2 Å². The molecule has 1 heterocycles. The Labute approximate surface area is 117 Å². The SMILES string of the molecule is O=C1C(=O)N(Cc2cc(F)cc(F)c2)c2c(F)cccc21. The van der Waals surface area contributed by atoms with Gasteiger partial charge in [-0.3, -0.25) is 14.5 Å². The van der Waals surface area contributed by atoms with Crippen molar-refractivity contribution in [3.05, 3.63) is 65.0 Å². The maximum Gasteiger partial charge on any atom is 0.299 e. The van der Waals surface area contributed by atoms with E-state index in [9.17, 15) is 22.8 Å². The van der Waals surface area contributed by atoms with E-state index in [-0.39, 0.29) is 23.4 Å². The van der Waals surface area contributed by atoms with Gasteiger partial charge in [-0.15, -0.1) is 0 Å². The summed E-state index contributed by atoms with van der Waals surface area (Å²) in [6, 6.07) is 6.52. The van der Waals surface area contributed by atoms with Crippen LogP contribution in [0.3, 0.4) is 0 Å². The second kappa shape index (κ2) is 4.73. The molecule has 1 amide bonds. The van der Waals surface area contributed by atoms with Crippen molar-refractivity contribution in [1.29, 1.82) is 0 Å². The predicted octanol–water partition coefficient (Wildman–Crippen LogP) is 2.83. The van der Waals surface area contributed by atoms with Crippen LogP contribution in [-0.2, 0) is 11.3 Å². The first-order valence-corrected chi connectivity index (χ1v) is 6.07. The molecule has 0 atom stereocenters. The van der Waals surface area contributed by atoms with Gasteiger partial charge in [0.2, 0.25) is 0 Å². The summed E-state index contributed by atoms with van der Waals surface area (Å²) in [5, 5.41) is 0. The number of carbonyl (C=O) groups excluding carboxylic acids is 2. The van der Waals surface area contributed by atoms with E-state index in [0.29, 0.717) is 6.07 Å². The van der Waals surface area contributed by atoms with Crippen LogP contribution in [0.1, 0.15) is 15.9 Å². The molecule has 2 aromatic carbocycles. The van der Waals surface area contributed by atoms with Crippen molar-refractivity contribution in [2.45, 2.75) is 6.54 Å². The van der Waals surface area contributed by atoms with Gasteiger partial charge < -0.3 is 0 Å². The summed E-state index contributed by atoms with van der Waals surface area (Å²) in [4.78, 5) is 24.6. The quantitative estimate of drug-likeness (QED) is 0.798. The van der Waals surface area contributed by atoms with E-state index in [1.165, 1.54) is 12.1 Å². The van der Waals surface area contributed by atoms with Crippen molar-refractivity contribution in [3.8, 4) is 0 Å². The highest BCUT2D eigenvalue weighted by atomic mass is 19.1. The highest BCUT2D eigenvalue weighted by Crippen LogP contribution is 2.32. The van der Waals surface area contributed by atoms with Crippen molar-refractivity contribution in [2.75, 3.05) is 4.90 Å². The summed E-state index contributed by atoms with van der Waals surface area (Å²) >= 11 is 0. The highest BCUT2D eigenvalue weighted by molar-refractivity contribution is 6.52. The Morgan fingerprint density at radius 2 is 1.62 bits per heavy atom. The zero-order valence-electron chi connectivity index (χ0n) is 10.6. The van der Waals surface area contributed by atoms with Crippen LogP contribution in [-0.4, -0.2) is 11.7 Å². The molecule has 21 heavy (non-hydrogen) atoms. The molecule has 0 aromatic heterocycles. The molecule has 106 valence electrons. The number of Topliss-reactive ketones (excluding diaryl/α,β-unsaturated/α-hetero) is 1. The lowest BCUT2D eigenvalue weighted by Crippen LogP contribution is -2.29. The summed E-state index contributed by atoms with van der Waals surface area (Å²) in [5.74, 6) is -4.10. The second-order valence-electron chi connectivity index (χ2n) is 4.63. The summed E-state index contributed by atoms with van der Waals surface area (Å²) < 4.78 is 40.2. The molecular weight excluding hydrogens is 283 g/mol. The molecule has 0 fully saturated rings. The van der Waals surface area contributed by atoms with Crippen molar-refractivity contribution in [3.63, 3.8) is 0 Å². The number of rotatable bonds is 2. The van der Waals surface area contributed by atoms with Gasteiger partial charge in [0.25, 0.3) is 11.7 Å². The summed E-state index contributed by atoms with van der Waals surface area (Å²) in [6.45, 7) is -0.285. The molecule has 3 rings (SSSR count). The number of hydrogen-bond acceptors (Lipinski definition) is 2. The van der Waals surface area contributed by atoms with Crippen LogP contribution in [0, 0.1) is 17.5 Å². The van der Waals surface area contributed by atoms with Gasteiger partial charge in [0.1, 0.15) is 17.5 Å². The van der Waals surface area contributed by atoms with Crippen LogP contribution in [0.25, 0.3) is 0 Å². The van der Waals surface area contributed by atoms with Gasteiger partial charge in [-0.05, 0) is 29.8 Å². The maximum absolute atomic E-state index is 13.9. The van der Waals surface area contributed by atoms with E-state index in [0.717, 1.165) is 23.1 Å². The molecular formula is C15H8F3NO2. The lowest BCUT2D eigenvalue weighted by Gasteiger charge is -2.17. The number of anilines is 1. The Bertz CT molecular complexity index is 753. The molecule has 1 aliphatic heterocycles. The number of carbonyl (C=O) groups is 2. The third-order valence-corrected chi connectivity index (χ3v) is 3.20. The third-order valence-electron chi connectivity index (χ3n) is 3.20. The fraction of sp³-hybridized carbons (Fsp3) is 0.0667. The van der Waals surface area contributed by atoms with E-state index in [2.05, 4.69) is 0 Å². The average molecular weight is 291 g/mol. The number of amides is 1. The highest BCUT2D eigenvalue weighted by Gasteiger charge is 2.37. The Kier molecular flexibility index (Phi) is 3.01. The zero-order chi connectivity index (χ0) is 15.1. The first kappa shape index (κ1) is 13.4. The smallest absolute Gasteiger partial charge is 0.298 e. The number of hydrogen-bond donors (Lipinski definition) is 0. The van der Waals surface area contributed by atoms with Crippen LogP contribution < -0.4 is 4.90 Å². The van der Waals surface area contributed by atoms with E-state index in [1.54, 1.807) is 0 Å². The van der Waals surface area contributed by atoms with Gasteiger partial charge in [-0.2, -0.15) is 0 Å². The first-order chi connectivity index (χ1) is 9.97. The van der Waals surface area contributed by atoms with E-state index in [1.807, 2.05) is 0 Å². The fourth-order valence-electron chi connectivity index (χ4n) is 2.35.